The molecule has 0 aromatic heterocycles. The predicted octanol–water partition coefficient (Wildman–Crippen LogP) is 6.59. The van der Waals surface area contributed by atoms with Gasteiger partial charge in [0, 0.05) is 18.5 Å². The molecule has 6 amide bonds. The number of amides is 6. The molecule has 0 aliphatic carbocycles. The lowest BCUT2D eigenvalue weighted by Crippen LogP contribution is -2.49. The normalized spacial score (nSPS) is 17.2. The second-order valence-electron chi connectivity index (χ2n) is 17.7. The van der Waals surface area contributed by atoms with E-state index in [2.05, 4.69) is 27.3 Å². The van der Waals surface area contributed by atoms with E-state index in [1.165, 1.54) is 0 Å². The number of benzene rings is 2. The lowest BCUT2D eigenvalue weighted by atomic mass is 9.59. The lowest BCUT2D eigenvalue weighted by Gasteiger charge is -2.44. The molecule has 0 saturated carbocycles. The van der Waals surface area contributed by atoms with Gasteiger partial charge in [0.25, 0.3) is 5.91 Å². The number of hydrogen-bond donors (Lipinski definition) is 5. The molecule has 310 valence electrons. The number of carbonyl (C=O) groups excluding carboxylic acids is 5. The third kappa shape index (κ3) is 10.7. The van der Waals surface area contributed by atoms with Crippen molar-refractivity contribution in [3.63, 3.8) is 0 Å². The van der Waals surface area contributed by atoms with Gasteiger partial charge in [0.2, 0.25) is 5.91 Å². The summed E-state index contributed by atoms with van der Waals surface area (Å²) in [5.74, 6) is -2.33. The van der Waals surface area contributed by atoms with Crippen molar-refractivity contribution in [2.24, 2.45) is 16.2 Å². The Balaban J connectivity index is 2.04. The maximum Gasteiger partial charge on any atom is 0.325 e. The van der Waals surface area contributed by atoms with Crippen LogP contribution < -0.4 is 21.3 Å². The summed E-state index contributed by atoms with van der Waals surface area (Å²) in [7, 11) is 0. The number of esters is 1. The highest BCUT2D eigenvalue weighted by Gasteiger charge is 2.51. The third-order valence-corrected chi connectivity index (χ3v) is 11.1. The Hall–Kier alpha value is -5.45. The van der Waals surface area contributed by atoms with Gasteiger partial charge in [0.1, 0.15) is 11.6 Å². The number of nitrogens with one attached hydrogen (secondary N) is 4. The van der Waals surface area contributed by atoms with Gasteiger partial charge in [-0.1, -0.05) is 64.1 Å². The number of imide groups is 1. The van der Waals surface area contributed by atoms with E-state index in [1.807, 2.05) is 45.0 Å². The van der Waals surface area contributed by atoms with E-state index in [4.69, 9.17) is 4.74 Å². The first kappa shape index (κ1) is 45.9. The molecule has 1 aliphatic rings. The Kier molecular flexibility index (Phi) is 14.0. The fourth-order valence-electron chi connectivity index (χ4n) is 7.88. The Morgan fingerprint density at radius 3 is 2.09 bits per heavy atom. The second-order valence-corrected chi connectivity index (χ2v) is 17.7. The predicted molar refractivity (Wildman–Crippen MR) is 216 cm³/mol. The monoisotopic (exact) mass is 788 g/mol. The van der Waals surface area contributed by atoms with E-state index in [1.54, 1.807) is 79.7 Å². The Bertz CT molecular complexity index is 1920. The number of rotatable bonds is 18. The van der Waals surface area contributed by atoms with Crippen molar-refractivity contribution in [1.82, 2.24) is 20.9 Å². The first-order valence-corrected chi connectivity index (χ1v) is 19.3. The third-order valence-electron chi connectivity index (χ3n) is 11.1. The minimum atomic E-state index is -1.32. The zero-order valence-corrected chi connectivity index (χ0v) is 35.3. The van der Waals surface area contributed by atoms with Crippen LogP contribution in [0.5, 0.6) is 0 Å². The first-order valence-electron chi connectivity index (χ1n) is 19.3. The SMILES string of the molecule is CCOC(=O)C(C)(CC(C)(CC)C(=O)O)CC(C)(CC(C)(C)C(=O)Nc1ccccc1C#N)c1cccc(C(C)(C)NC(=O)NCCN2C(=O)NC(C)(C)C2=O)c1. The molecule has 1 saturated heterocycles. The molecule has 2 aromatic carbocycles. The van der Waals surface area contributed by atoms with Crippen molar-refractivity contribution in [2.45, 2.75) is 118 Å². The number of carboxylic acids is 1. The summed E-state index contributed by atoms with van der Waals surface area (Å²) in [6.07, 6.45) is 0.516. The van der Waals surface area contributed by atoms with Crippen LogP contribution in [0.4, 0.5) is 15.3 Å². The van der Waals surface area contributed by atoms with Crippen LogP contribution in [0.2, 0.25) is 0 Å². The second kappa shape index (κ2) is 17.4. The zero-order chi connectivity index (χ0) is 43.2. The smallest absolute Gasteiger partial charge is 0.325 e. The maximum absolute atomic E-state index is 14.1. The van der Waals surface area contributed by atoms with Gasteiger partial charge in [-0.05, 0) is 103 Å². The van der Waals surface area contributed by atoms with Crippen molar-refractivity contribution in [3.05, 3.63) is 65.2 Å². The minimum absolute atomic E-state index is 0.0145. The van der Waals surface area contributed by atoms with E-state index in [-0.39, 0.29) is 57.2 Å². The number of carboxylic acid groups (broad SMARTS) is 1. The van der Waals surface area contributed by atoms with Crippen molar-refractivity contribution in [3.8, 4) is 6.07 Å². The van der Waals surface area contributed by atoms with Crippen LogP contribution in [0.15, 0.2) is 48.5 Å². The molecule has 1 fully saturated rings. The molecular weight excluding hydrogens is 729 g/mol. The number of nitrogens with zero attached hydrogens (tertiary/aromatic N) is 2. The Labute approximate surface area is 336 Å². The van der Waals surface area contributed by atoms with Gasteiger partial charge in [0.15, 0.2) is 0 Å². The quantitative estimate of drug-likeness (QED) is 0.0815. The molecule has 3 unspecified atom stereocenters. The summed E-state index contributed by atoms with van der Waals surface area (Å²) < 4.78 is 5.61. The number of para-hydroxylation sites is 1. The summed E-state index contributed by atoms with van der Waals surface area (Å²) in [5, 5.41) is 31.2. The van der Waals surface area contributed by atoms with Crippen LogP contribution in [0.25, 0.3) is 0 Å². The van der Waals surface area contributed by atoms with Crippen LogP contribution in [0.1, 0.15) is 119 Å². The van der Waals surface area contributed by atoms with Gasteiger partial charge in [-0.2, -0.15) is 5.26 Å². The minimum Gasteiger partial charge on any atom is -0.481 e. The van der Waals surface area contributed by atoms with Gasteiger partial charge < -0.3 is 31.1 Å². The van der Waals surface area contributed by atoms with Gasteiger partial charge in [-0.25, -0.2) is 9.59 Å². The lowest BCUT2D eigenvalue weighted by molar-refractivity contribution is -0.162. The highest BCUT2D eigenvalue weighted by Crippen LogP contribution is 2.50. The zero-order valence-electron chi connectivity index (χ0n) is 35.3. The molecule has 0 radical (unpaired) electrons. The van der Waals surface area contributed by atoms with E-state index < -0.39 is 56.7 Å². The van der Waals surface area contributed by atoms with Crippen molar-refractivity contribution >= 4 is 41.5 Å². The molecule has 14 heteroatoms. The van der Waals surface area contributed by atoms with Gasteiger partial charge >= 0.3 is 24.0 Å². The number of urea groups is 2. The standard InChI is InChI=1S/C43H60N6O8/c1-12-41(9,34(52)53)26-43(11,35(54)57-13-2)27-42(10,25-38(3,4)32(50)46-31-20-15-14-17-28(31)24-44)30-19-16-18-29(23-30)39(5,6)47-36(55)45-21-22-49-33(51)40(7,8)48-37(49)56/h14-20,23H,12-13,21-22,25-27H2,1-11H3,(H,46,50)(H,48,56)(H,52,53)(H2,45,47,55). The van der Waals surface area contributed by atoms with E-state index in [0.29, 0.717) is 16.8 Å². The average Bonchev–Trinajstić information content (AvgIpc) is 3.32. The number of carbonyl (C=O) groups is 6. The van der Waals surface area contributed by atoms with E-state index >= 15 is 0 Å². The van der Waals surface area contributed by atoms with Gasteiger partial charge in [-0.3, -0.25) is 24.1 Å². The van der Waals surface area contributed by atoms with Gasteiger partial charge in [-0.15, -0.1) is 0 Å². The van der Waals surface area contributed by atoms with Crippen LogP contribution in [0, 0.1) is 27.6 Å². The Morgan fingerprint density at radius 2 is 1.53 bits per heavy atom. The molecule has 0 bridgehead atoms. The molecule has 1 heterocycles. The van der Waals surface area contributed by atoms with Crippen LogP contribution in [-0.2, 0) is 34.9 Å². The molecule has 0 spiro atoms. The molecule has 3 atom stereocenters. The fourth-order valence-corrected chi connectivity index (χ4v) is 7.88. The van der Waals surface area contributed by atoms with Crippen LogP contribution in [0.3, 0.4) is 0 Å². The topological polar surface area (TPSA) is 207 Å². The van der Waals surface area contributed by atoms with Gasteiger partial charge in [0.05, 0.1) is 34.2 Å². The summed E-state index contributed by atoms with van der Waals surface area (Å²) in [4.78, 5) is 79.8. The largest absolute Gasteiger partial charge is 0.481 e. The molecular formula is C43H60N6O8. The fraction of sp³-hybridized carbons (Fsp3) is 0.558. The first-order chi connectivity index (χ1) is 26.3. The molecule has 14 nitrogen and oxygen atoms in total. The molecule has 57 heavy (non-hydrogen) atoms. The van der Waals surface area contributed by atoms with E-state index in [0.717, 1.165) is 10.5 Å². The number of ether oxygens (including phenoxy) is 1. The maximum atomic E-state index is 14.1. The van der Waals surface area contributed by atoms with E-state index in [9.17, 15) is 39.1 Å². The van der Waals surface area contributed by atoms with Crippen molar-refractivity contribution < 1.29 is 38.6 Å². The van der Waals surface area contributed by atoms with Crippen molar-refractivity contribution in [1.29, 1.82) is 5.26 Å². The van der Waals surface area contributed by atoms with Crippen LogP contribution in [-0.4, -0.2) is 71.1 Å². The molecule has 1 aliphatic heterocycles. The summed E-state index contributed by atoms with van der Waals surface area (Å²) in [5.41, 5.74) is -4.55. The molecule has 3 rings (SSSR count). The van der Waals surface area contributed by atoms with Crippen LogP contribution >= 0.6 is 0 Å². The average molecular weight is 789 g/mol. The summed E-state index contributed by atoms with van der Waals surface area (Å²) in [6, 6.07) is 15.2. The number of anilines is 1. The highest BCUT2D eigenvalue weighted by atomic mass is 16.5. The Morgan fingerprint density at radius 1 is 0.895 bits per heavy atom. The van der Waals surface area contributed by atoms with Crippen molar-refractivity contribution in [2.75, 3.05) is 25.0 Å². The number of aliphatic carboxylic acids is 1. The summed E-state index contributed by atoms with van der Waals surface area (Å²) in [6.45, 7) is 19.2. The molecule has 5 N–H and O–H groups in total. The molecule has 2 aromatic rings. The highest BCUT2D eigenvalue weighted by molar-refractivity contribution is 6.06. The number of nitriles is 1. The number of hydrogen-bond acceptors (Lipinski definition) is 8. The summed E-state index contributed by atoms with van der Waals surface area (Å²) >= 11 is 0.